The summed E-state index contributed by atoms with van der Waals surface area (Å²) in [6.45, 7) is 13.3. The SMILES string of the molecule is CCCCN1CCC(NC(=NC)NCC(OC)C(C)(C)C)CC1. The highest BCUT2D eigenvalue weighted by atomic mass is 16.5. The van der Waals surface area contributed by atoms with Crippen molar-refractivity contribution in [2.75, 3.05) is 40.3 Å². The van der Waals surface area contributed by atoms with Crippen LogP contribution in [-0.4, -0.2) is 63.3 Å². The predicted octanol–water partition coefficient (Wildman–Crippen LogP) is 2.48. The van der Waals surface area contributed by atoms with E-state index in [9.17, 15) is 0 Å². The number of likely N-dealkylation sites (tertiary alicyclic amines) is 1. The Kier molecular flexibility index (Phi) is 8.92. The third-order valence-electron chi connectivity index (χ3n) is 4.69. The number of nitrogens with one attached hydrogen (secondary N) is 2. The summed E-state index contributed by atoms with van der Waals surface area (Å²) < 4.78 is 5.60. The van der Waals surface area contributed by atoms with Crippen molar-refractivity contribution >= 4 is 5.96 Å². The highest BCUT2D eigenvalue weighted by Gasteiger charge is 2.25. The van der Waals surface area contributed by atoms with Gasteiger partial charge in [-0.25, -0.2) is 0 Å². The van der Waals surface area contributed by atoms with E-state index in [4.69, 9.17) is 4.74 Å². The largest absolute Gasteiger partial charge is 0.379 e. The number of hydrogen-bond acceptors (Lipinski definition) is 3. The van der Waals surface area contributed by atoms with Crippen LogP contribution in [0.2, 0.25) is 0 Å². The third kappa shape index (κ3) is 7.53. The summed E-state index contributed by atoms with van der Waals surface area (Å²) in [4.78, 5) is 6.95. The van der Waals surface area contributed by atoms with Gasteiger partial charge < -0.3 is 20.3 Å². The van der Waals surface area contributed by atoms with Crippen LogP contribution in [0.3, 0.4) is 0 Å². The number of piperidine rings is 1. The highest BCUT2D eigenvalue weighted by Crippen LogP contribution is 2.21. The molecule has 1 aliphatic heterocycles. The lowest BCUT2D eigenvalue weighted by Gasteiger charge is -2.34. The van der Waals surface area contributed by atoms with Crippen LogP contribution in [0, 0.1) is 5.41 Å². The van der Waals surface area contributed by atoms with Crippen LogP contribution in [0.1, 0.15) is 53.4 Å². The second kappa shape index (κ2) is 10.1. The molecule has 1 aliphatic rings. The van der Waals surface area contributed by atoms with Crippen LogP contribution in [0.25, 0.3) is 0 Å². The maximum atomic E-state index is 5.60. The van der Waals surface area contributed by atoms with E-state index >= 15 is 0 Å². The quantitative estimate of drug-likeness (QED) is 0.557. The zero-order chi connectivity index (χ0) is 17.3. The van der Waals surface area contributed by atoms with Gasteiger partial charge in [-0.2, -0.15) is 0 Å². The van der Waals surface area contributed by atoms with E-state index in [1.807, 2.05) is 7.05 Å². The Morgan fingerprint density at radius 3 is 2.43 bits per heavy atom. The summed E-state index contributed by atoms with van der Waals surface area (Å²) in [6, 6.07) is 0.523. The first-order valence-electron chi connectivity index (χ1n) is 9.13. The maximum absolute atomic E-state index is 5.60. The Balaban J connectivity index is 2.35. The van der Waals surface area contributed by atoms with E-state index in [2.05, 4.69) is 48.2 Å². The van der Waals surface area contributed by atoms with E-state index in [0.29, 0.717) is 6.04 Å². The molecule has 136 valence electrons. The molecule has 1 atom stereocenters. The summed E-state index contributed by atoms with van der Waals surface area (Å²) in [6.07, 6.45) is 5.14. The fourth-order valence-corrected chi connectivity index (χ4v) is 3.00. The van der Waals surface area contributed by atoms with Gasteiger partial charge in [0.25, 0.3) is 0 Å². The molecule has 1 fully saturated rings. The van der Waals surface area contributed by atoms with Crippen LogP contribution in [-0.2, 0) is 4.74 Å². The first-order chi connectivity index (χ1) is 10.9. The molecular formula is C18H38N4O. The molecular weight excluding hydrogens is 288 g/mol. The Morgan fingerprint density at radius 2 is 1.96 bits per heavy atom. The molecule has 0 aliphatic carbocycles. The molecule has 5 nitrogen and oxygen atoms in total. The highest BCUT2D eigenvalue weighted by molar-refractivity contribution is 5.80. The molecule has 1 saturated heterocycles. The maximum Gasteiger partial charge on any atom is 0.191 e. The lowest BCUT2D eigenvalue weighted by molar-refractivity contribution is 0.0204. The minimum absolute atomic E-state index is 0.116. The fourth-order valence-electron chi connectivity index (χ4n) is 3.00. The van der Waals surface area contributed by atoms with E-state index < -0.39 is 0 Å². The van der Waals surface area contributed by atoms with Gasteiger partial charge >= 0.3 is 0 Å². The van der Waals surface area contributed by atoms with E-state index in [-0.39, 0.29) is 11.5 Å². The summed E-state index contributed by atoms with van der Waals surface area (Å²) in [5.41, 5.74) is 0.116. The number of unbranched alkanes of at least 4 members (excludes halogenated alkanes) is 1. The van der Waals surface area contributed by atoms with Crippen molar-refractivity contribution in [3.63, 3.8) is 0 Å². The molecule has 1 rings (SSSR count). The summed E-state index contributed by atoms with van der Waals surface area (Å²) in [5.74, 6) is 0.892. The molecule has 0 amide bonds. The fraction of sp³-hybridized carbons (Fsp3) is 0.944. The molecule has 0 aromatic rings. The van der Waals surface area contributed by atoms with Gasteiger partial charge in [0.1, 0.15) is 0 Å². The van der Waals surface area contributed by atoms with Crippen LogP contribution in [0.5, 0.6) is 0 Å². The minimum Gasteiger partial charge on any atom is -0.379 e. The van der Waals surface area contributed by atoms with Gasteiger partial charge in [0, 0.05) is 39.8 Å². The van der Waals surface area contributed by atoms with Crippen molar-refractivity contribution < 1.29 is 4.74 Å². The van der Waals surface area contributed by atoms with Crippen molar-refractivity contribution in [1.82, 2.24) is 15.5 Å². The topological polar surface area (TPSA) is 48.9 Å². The standard InChI is InChI=1S/C18H38N4O/c1-7-8-11-22-12-9-15(10-13-22)21-17(19-5)20-14-16(23-6)18(2,3)4/h15-16H,7-14H2,1-6H3,(H2,19,20,21). The van der Waals surface area contributed by atoms with E-state index in [0.717, 1.165) is 12.5 Å². The van der Waals surface area contributed by atoms with Crippen molar-refractivity contribution in [2.24, 2.45) is 10.4 Å². The van der Waals surface area contributed by atoms with Crippen LogP contribution >= 0.6 is 0 Å². The number of aliphatic imine (C=N–C) groups is 1. The number of rotatable bonds is 7. The zero-order valence-electron chi connectivity index (χ0n) is 16.1. The smallest absolute Gasteiger partial charge is 0.191 e. The van der Waals surface area contributed by atoms with Crippen molar-refractivity contribution in [2.45, 2.75) is 65.5 Å². The third-order valence-corrected chi connectivity index (χ3v) is 4.69. The second-order valence-electron chi connectivity index (χ2n) is 7.66. The number of ether oxygens (including phenoxy) is 1. The van der Waals surface area contributed by atoms with Gasteiger partial charge in [0.15, 0.2) is 5.96 Å². The van der Waals surface area contributed by atoms with Crippen molar-refractivity contribution in [3.05, 3.63) is 0 Å². The molecule has 2 N–H and O–H groups in total. The first-order valence-corrected chi connectivity index (χ1v) is 9.13. The van der Waals surface area contributed by atoms with Gasteiger partial charge in [0.05, 0.1) is 6.10 Å². The van der Waals surface area contributed by atoms with Crippen LogP contribution in [0.15, 0.2) is 4.99 Å². The van der Waals surface area contributed by atoms with Gasteiger partial charge in [-0.1, -0.05) is 34.1 Å². The van der Waals surface area contributed by atoms with Gasteiger partial charge in [-0.05, 0) is 31.2 Å². The first kappa shape index (κ1) is 20.2. The van der Waals surface area contributed by atoms with Crippen molar-refractivity contribution in [1.29, 1.82) is 0 Å². The molecule has 23 heavy (non-hydrogen) atoms. The number of hydrogen-bond donors (Lipinski definition) is 2. The van der Waals surface area contributed by atoms with Gasteiger partial charge in [-0.15, -0.1) is 0 Å². The molecule has 1 unspecified atom stereocenters. The molecule has 0 saturated carbocycles. The Morgan fingerprint density at radius 1 is 1.30 bits per heavy atom. The lowest BCUT2D eigenvalue weighted by Crippen LogP contribution is -2.51. The molecule has 0 radical (unpaired) electrons. The Hall–Kier alpha value is -0.810. The number of nitrogens with zero attached hydrogens (tertiary/aromatic N) is 2. The number of methoxy groups -OCH3 is 1. The summed E-state index contributed by atoms with van der Waals surface area (Å²) in [7, 11) is 3.62. The molecule has 0 bridgehead atoms. The van der Waals surface area contributed by atoms with Gasteiger partial charge in [0.2, 0.25) is 0 Å². The average molecular weight is 327 g/mol. The minimum atomic E-state index is 0.116. The van der Waals surface area contributed by atoms with Crippen LogP contribution < -0.4 is 10.6 Å². The molecule has 0 aromatic carbocycles. The molecule has 5 heteroatoms. The number of guanidine groups is 1. The zero-order valence-corrected chi connectivity index (χ0v) is 16.1. The normalized spacial score (nSPS) is 19.7. The molecule has 0 aromatic heterocycles. The Bertz CT molecular complexity index is 343. The lowest BCUT2D eigenvalue weighted by atomic mass is 9.89. The monoisotopic (exact) mass is 326 g/mol. The van der Waals surface area contributed by atoms with Crippen LogP contribution in [0.4, 0.5) is 0 Å². The van der Waals surface area contributed by atoms with Gasteiger partial charge in [-0.3, -0.25) is 4.99 Å². The summed E-state index contributed by atoms with van der Waals surface area (Å²) >= 11 is 0. The summed E-state index contributed by atoms with van der Waals surface area (Å²) in [5, 5.41) is 6.99. The van der Waals surface area contributed by atoms with E-state index in [1.165, 1.54) is 45.3 Å². The molecule has 0 spiro atoms. The predicted molar refractivity (Wildman–Crippen MR) is 99.1 cm³/mol. The van der Waals surface area contributed by atoms with Crippen molar-refractivity contribution in [3.8, 4) is 0 Å². The Labute approximate surface area is 143 Å². The molecule has 1 heterocycles. The average Bonchev–Trinajstić information content (AvgIpc) is 2.52. The second-order valence-corrected chi connectivity index (χ2v) is 7.66. The van der Waals surface area contributed by atoms with E-state index in [1.54, 1.807) is 7.11 Å².